The van der Waals surface area contributed by atoms with Crippen molar-refractivity contribution in [2.75, 3.05) is 5.32 Å². The van der Waals surface area contributed by atoms with E-state index in [1.54, 1.807) is 30.3 Å². The van der Waals surface area contributed by atoms with Crippen LogP contribution >= 0.6 is 0 Å². The third-order valence-corrected chi connectivity index (χ3v) is 2.37. The van der Waals surface area contributed by atoms with Gasteiger partial charge in [0.05, 0.1) is 0 Å². The number of hydrogen-bond acceptors (Lipinski definition) is 2. The molecule has 96 valence electrons. The maximum Gasteiger partial charge on any atom is 0.326 e. The summed E-state index contributed by atoms with van der Waals surface area (Å²) in [5.74, 6) is -0.897. The molecule has 0 saturated carbocycles. The number of hydrogen-bond donors (Lipinski definition) is 2. The zero-order valence-corrected chi connectivity index (χ0v) is 9.89. The van der Waals surface area contributed by atoms with E-state index in [0.29, 0.717) is 11.3 Å². The predicted molar refractivity (Wildman–Crippen MR) is 69.3 cm³/mol. The molecule has 0 aliphatic rings. The first-order chi connectivity index (χ1) is 9.15. The highest BCUT2D eigenvalue weighted by Crippen LogP contribution is 2.07. The first-order valence-corrected chi connectivity index (χ1v) is 5.58. The van der Waals surface area contributed by atoms with Gasteiger partial charge in [-0.25, -0.2) is 9.18 Å². The van der Waals surface area contributed by atoms with Gasteiger partial charge in [0.1, 0.15) is 5.82 Å². The van der Waals surface area contributed by atoms with Crippen molar-refractivity contribution in [2.45, 2.75) is 0 Å². The third-order valence-electron chi connectivity index (χ3n) is 2.37. The van der Waals surface area contributed by atoms with Crippen molar-refractivity contribution in [3.8, 4) is 0 Å². The number of urea groups is 1. The zero-order chi connectivity index (χ0) is 13.7. The fraction of sp³-hybridized carbons (Fsp3) is 0. The van der Waals surface area contributed by atoms with E-state index >= 15 is 0 Å². The van der Waals surface area contributed by atoms with Gasteiger partial charge in [-0.05, 0) is 36.4 Å². The molecule has 2 aromatic rings. The summed E-state index contributed by atoms with van der Waals surface area (Å²) in [5, 5.41) is 4.61. The van der Waals surface area contributed by atoms with Crippen LogP contribution in [0, 0.1) is 5.82 Å². The first-order valence-electron chi connectivity index (χ1n) is 5.58. The van der Waals surface area contributed by atoms with E-state index in [1.165, 1.54) is 24.3 Å². The summed E-state index contributed by atoms with van der Waals surface area (Å²) in [5.41, 5.74) is 0.788. The largest absolute Gasteiger partial charge is 0.326 e. The molecule has 3 amide bonds. The number of imide groups is 1. The van der Waals surface area contributed by atoms with Crippen molar-refractivity contribution < 1.29 is 14.0 Å². The number of nitrogens with one attached hydrogen (secondary N) is 2. The fourth-order valence-electron chi connectivity index (χ4n) is 1.46. The molecule has 0 heterocycles. The van der Waals surface area contributed by atoms with Crippen LogP contribution in [0.2, 0.25) is 0 Å². The second-order valence-corrected chi connectivity index (χ2v) is 3.78. The average Bonchev–Trinajstić information content (AvgIpc) is 2.42. The number of anilines is 1. The van der Waals surface area contributed by atoms with E-state index in [1.807, 2.05) is 0 Å². The molecule has 0 atom stereocenters. The average molecular weight is 258 g/mol. The van der Waals surface area contributed by atoms with Crippen molar-refractivity contribution in [1.82, 2.24) is 5.32 Å². The van der Waals surface area contributed by atoms with Gasteiger partial charge in [0.15, 0.2) is 0 Å². The number of carbonyl (C=O) groups excluding carboxylic acids is 2. The Balaban J connectivity index is 1.95. The van der Waals surface area contributed by atoms with Gasteiger partial charge in [-0.15, -0.1) is 0 Å². The normalized spacial score (nSPS) is 9.74. The molecule has 0 unspecified atom stereocenters. The Hall–Kier alpha value is -2.69. The molecular weight excluding hydrogens is 247 g/mol. The van der Waals surface area contributed by atoms with Crippen LogP contribution in [0.5, 0.6) is 0 Å². The highest BCUT2D eigenvalue weighted by molar-refractivity contribution is 6.07. The van der Waals surface area contributed by atoms with E-state index in [-0.39, 0.29) is 0 Å². The molecule has 5 heteroatoms. The Bertz CT molecular complexity index is 582. The SMILES string of the molecule is O=C(NC(=O)c1ccccc1)Nc1ccc(F)cc1. The molecular formula is C14H11FN2O2. The zero-order valence-electron chi connectivity index (χ0n) is 9.89. The van der Waals surface area contributed by atoms with Gasteiger partial charge in [-0.2, -0.15) is 0 Å². The van der Waals surface area contributed by atoms with Gasteiger partial charge in [0.2, 0.25) is 0 Å². The van der Waals surface area contributed by atoms with Crippen LogP contribution in [-0.4, -0.2) is 11.9 Å². The number of rotatable bonds is 2. The van der Waals surface area contributed by atoms with Crippen molar-refractivity contribution in [3.63, 3.8) is 0 Å². The van der Waals surface area contributed by atoms with Gasteiger partial charge in [0, 0.05) is 11.3 Å². The lowest BCUT2D eigenvalue weighted by Crippen LogP contribution is -2.34. The van der Waals surface area contributed by atoms with Crippen LogP contribution in [0.3, 0.4) is 0 Å². The molecule has 0 aromatic heterocycles. The van der Waals surface area contributed by atoms with Gasteiger partial charge >= 0.3 is 6.03 Å². The number of amides is 3. The quantitative estimate of drug-likeness (QED) is 0.870. The van der Waals surface area contributed by atoms with Crippen LogP contribution in [-0.2, 0) is 0 Å². The lowest BCUT2D eigenvalue weighted by molar-refractivity contribution is 0.0967. The summed E-state index contributed by atoms with van der Waals surface area (Å²) in [6, 6.07) is 12.9. The maximum atomic E-state index is 12.7. The number of benzene rings is 2. The Morgan fingerprint density at radius 2 is 1.53 bits per heavy atom. The third kappa shape index (κ3) is 3.64. The summed E-state index contributed by atoms with van der Waals surface area (Å²) in [4.78, 5) is 23.2. The first kappa shape index (κ1) is 12.8. The van der Waals surface area contributed by atoms with Crippen LogP contribution < -0.4 is 10.6 Å². The highest BCUT2D eigenvalue weighted by atomic mass is 19.1. The highest BCUT2D eigenvalue weighted by Gasteiger charge is 2.09. The maximum absolute atomic E-state index is 12.7. The van der Waals surface area contributed by atoms with Crippen molar-refractivity contribution in [2.24, 2.45) is 0 Å². The van der Waals surface area contributed by atoms with E-state index in [0.717, 1.165) is 0 Å². The second-order valence-electron chi connectivity index (χ2n) is 3.78. The Morgan fingerprint density at radius 1 is 0.895 bits per heavy atom. The smallest absolute Gasteiger partial charge is 0.308 e. The molecule has 2 N–H and O–H groups in total. The van der Waals surface area contributed by atoms with E-state index < -0.39 is 17.8 Å². The van der Waals surface area contributed by atoms with Crippen molar-refractivity contribution >= 4 is 17.6 Å². The molecule has 0 fully saturated rings. The van der Waals surface area contributed by atoms with E-state index in [9.17, 15) is 14.0 Å². The van der Waals surface area contributed by atoms with E-state index in [4.69, 9.17) is 0 Å². The summed E-state index contributed by atoms with van der Waals surface area (Å²) < 4.78 is 12.7. The molecule has 2 aromatic carbocycles. The monoisotopic (exact) mass is 258 g/mol. The minimum absolute atomic E-state index is 0.386. The summed E-state index contributed by atoms with van der Waals surface area (Å²) in [6.45, 7) is 0. The van der Waals surface area contributed by atoms with Gasteiger partial charge < -0.3 is 5.32 Å². The minimum atomic E-state index is -0.666. The second kappa shape index (κ2) is 5.77. The van der Waals surface area contributed by atoms with Gasteiger partial charge in [-0.3, -0.25) is 10.1 Å². The standard InChI is InChI=1S/C14H11FN2O2/c15-11-6-8-12(9-7-11)16-14(19)17-13(18)10-4-2-1-3-5-10/h1-9H,(H2,16,17,18,19). The van der Waals surface area contributed by atoms with Crippen LogP contribution in [0.15, 0.2) is 54.6 Å². The fourth-order valence-corrected chi connectivity index (χ4v) is 1.46. The van der Waals surface area contributed by atoms with Crippen LogP contribution in [0.4, 0.5) is 14.9 Å². The molecule has 0 aliphatic heterocycles. The van der Waals surface area contributed by atoms with Crippen LogP contribution in [0.25, 0.3) is 0 Å². The van der Waals surface area contributed by atoms with E-state index in [2.05, 4.69) is 10.6 Å². The molecule has 19 heavy (non-hydrogen) atoms. The Labute approximate surface area is 109 Å². The lowest BCUT2D eigenvalue weighted by Gasteiger charge is -2.06. The predicted octanol–water partition coefficient (Wildman–Crippen LogP) is 2.79. The number of halogens is 1. The summed E-state index contributed by atoms with van der Waals surface area (Å²) >= 11 is 0. The molecule has 2 rings (SSSR count). The molecule has 0 aliphatic carbocycles. The Morgan fingerprint density at radius 3 is 2.16 bits per heavy atom. The molecule has 0 radical (unpaired) electrons. The Kier molecular flexibility index (Phi) is 3.87. The summed E-state index contributed by atoms with van der Waals surface area (Å²) in [7, 11) is 0. The van der Waals surface area contributed by atoms with Crippen molar-refractivity contribution in [3.05, 3.63) is 66.0 Å². The number of carbonyl (C=O) groups is 2. The lowest BCUT2D eigenvalue weighted by atomic mass is 10.2. The van der Waals surface area contributed by atoms with Gasteiger partial charge in [0.25, 0.3) is 5.91 Å². The molecule has 0 spiro atoms. The minimum Gasteiger partial charge on any atom is -0.308 e. The molecule has 0 bridgehead atoms. The van der Waals surface area contributed by atoms with Crippen molar-refractivity contribution in [1.29, 1.82) is 0 Å². The topological polar surface area (TPSA) is 58.2 Å². The van der Waals surface area contributed by atoms with Crippen LogP contribution in [0.1, 0.15) is 10.4 Å². The molecule has 0 saturated heterocycles. The summed E-state index contributed by atoms with van der Waals surface area (Å²) in [6.07, 6.45) is 0. The van der Waals surface area contributed by atoms with Gasteiger partial charge in [-0.1, -0.05) is 18.2 Å². The molecule has 4 nitrogen and oxygen atoms in total.